The maximum atomic E-state index is 12.3. The summed E-state index contributed by atoms with van der Waals surface area (Å²) in [6.07, 6.45) is -1.43. The topological polar surface area (TPSA) is 68.2 Å². The van der Waals surface area contributed by atoms with Gasteiger partial charge in [-0.2, -0.15) is 0 Å². The number of benzene rings is 1. The summed E-state index contributed by atoms with van der Waals surface area (Å²) in [6.45, 7) is 2.31. The monoisotopic (exact) mass is 308 g/mol. The van der Waals surface area contributed by atoms with Crippen LogP contribution in [0.2, 0.25) is 5.02 Å². The van der Waals surface area contributed by atoms with E-state index in [4.69, 9.17) is 21.2 Å². The van der Waals surface area contributed by atoms with Crippen LogP contribution >= 0.6 is 11.6 Å². The molecule has 2 aliphatic heterocycles. The van der Waals surface area contributed by atoms with E-state index in [0.717, 1.165) is 10.5 Å². The number of carbonyl (C=O) groups excluding carboxylic acids is 2. The van der Waals surface area contributed by atoms with Gasteiger partial charge in [0.15, 0.2) is 0 Å². The summed E-state index contributed by atoms with van der Waals surface area (Å²) in [5.74, 6) is -0.676. The van der Waals surface area contributed by atoms with Crippen molar-refractivity contribution in [3.63, 3.8) is 0 Å². The molecule has 1 fully saturated rings. The second-order valence-electron chi connectivity index (χ2n) is 4.90. The van der Waals surface area contributed by atoms with Gasteiger partial charge in [0.1, 0.15) is 6.61 Å². The lowest BCUT2D eigenvalue weighted by atomic mass is 9.93. The Hall–Kier alpha value is -2.08. The maximum absolute atomic E-state index is 12.3. The van der Waals surface area contributed by atoms with Crippen LogP contribution < -0.4 is 0 Å². The van der Waals surface area contributed by atoms with Gasteiger partial charge in [-0.05, 0) is 17.7 Å². The Morgan fingerprint density at radius 3 is 2.71 bits per heavy atom. The van der Waals surface area contributed by atoms with E-state index in [9.17, 15) is 9.59 Å². The molecule has 110 valence electrons. The lowest BCUT2D eigenvalue weighted by Crippen LogP contribution is -2.43. The third kappa shape index (κ3) is 2.47. The predicted molar refractivity (Wildman–Crippen MR) is 75.1 cm³/mol. The second-order valence-corrected chi connectivity index (χ2v) is 5.34. The minimum Gasteiger partial charge on any atom is -0.447 e. The fraction of sp³-hybridized carbons (Fsp3) is 0.357. The lowest BCUT2D eigenvalue weighted by Gasteiger charge is -2.18. The van der Waals surface area contributed by atoms with E-state index in [0.29, 0.717) is 10.7 Å². The third-order valence-corrected chi connectivity index (χ3v) is 3.81. The van der Waals surface area contributed by atoms with Crippen LogP contribution in [-0.4, -0.2) is 41.9 Å². The molecule has 2 unspecified atom stereocenters. The summed E-state index contributed by atoms with van der Waals surface area (Å²) < 4.78 is 4.76. The molecule has 0 saturated carbocycles. The second kappa shape index (κ2) is 5.37. The minimum atomic E-state index is -0.804. The van der Waals surface area contributed by atoms with E-state index >= 15 is 0 Å². The first kappa shape index (κ1) is 13.9. The van der Waals surface area contributed by atoms with Crippen molar-refractivity contribution >= 4 is 29.3 Å². The van der Waals surface area contributed by atoms with Gasteiger partial charge in [0.25, 0.3) is 5.91 Å². The Bertz CT molecular complexity index is 614. The molecule has 0 aromatic heterocycles. The van der Waals surface area contributed by atoms with Crippen LogP contribution in [0.1, 0.15) is 12.5 Å². The Morgan fingerprint density at radius 2 is 2.10 bits per heavy atom. The van der Waals surface area contributed by atoms with Crippen molar-refractivity contribution in [2.45, 2.75) is 13.0 Å². The smallest absolute Gasteiger partial charge is 0.416 e. The first-order valence-corrected chi connectivity index (χ1v) is 6.93. The molecule has 0 spiro atoms. The summed E-state index contributed by atoms with van der Waals surface area (Å²) in [5.41, 5.74) is 1.50. The number of ether oxygens (including phenoxy) is 1. The maximum Gasteiger partial charge on any atom is 0.416 e. The first-order chi connectivity index (χ1) is 10.1. The zero-order valence-electron chi connectivity index (χ0n) is 11.3. The van der Waals surface area contributed by atoms with Gasteiger partial charge in [-0.15, -0.1) is 0 Å². The molecule has 2 atom stereocenters. The van der Waals surface area contributed by atoms with Crippen molar-refractivity contribution in [2.24, 2.45) is 11.1 Å². The number of imide groups is 1. The number of amides is 2. The Balaban J connectivity index is 1.76. The van der Waals surface area contributed by atoms with E-state index in [2.05, 4.69) is 5.16 Å². The quantitative estimate of drug-likeness (QED) is 0.838. The number of oxime groups is 1. The molecule has 0 N–H and O–H groups in total. The molecular weight excluding hydrogens is 296 g/mol. The highest BCUT2D eigenvalue weighted by atomic mass is 35.5. The summed E-state index contributed by atoms with van der Waals surface area (Å²) in [5, 5.41) is 4.61. The van der Waals surface area contributed by atoms with Gasteiger partial charge >= 0.3 is 6.09 Å². The number of cyclic esters (lactones) is 1. The van der Waals surface area contributed by atoms with Crippen molar-refractivity contribution in [1.82, 2.24) is 4.90 Å². The van der Waals surface area contributed by atoms with Crippen LogP contribution in [0.5, 0.6) is 0 Å². The summed E-state index contributed by atoms with van der Waals surface area (Å²) >= 11 is 5.85. The van der Waals surface area contributed by atoms with E-state index in [1.165, 1.54) is 0 Å². The molecule has 21 heavy (non-hydrogen) atoms. The molecule has 2 amide bonds. The fourth-order valence-corrected chi connectivity index (χ4v) is 2.50. The third-order valence-electron chi connectivity index (χ3n) is 3.56. The molecular formula is C14H13ClN2O4. The van der Waals surface area contributed by atoms with Gasteiger partial charge in [0, 0.05) is 5.02 Å². The largest absolute Gasteiger partial charge is 0.447 e. The minimum absolute atomic E-state index is 0.219. The van der Waals surface area contributed by atoms with Gasteiger partial charge in [0.05, 0.1) is 18.2 Å². The number of carbonyl (C=O) groups is 2. The fourth-order valence-electron chi connectivity index (χ4n) is 2.37. The SMILES string of the molecule is CC1C(c2ccc(Cl)cc2)=NOC1C(=O)N1CCOC1=O. The molecule has 0 radical (unpaired) electrons. The van der Waals surface area contributed by atoms with E-state index < -0.39 is 18.1 Å². The van der Waals surface area contributed by atoms with E-state index in [-0.39, 0.29) is 19.1 Å². The number of rotatable bonds is 2. The van der Waals surface area contributed by atoms with Crippen molar-refractivity contribution in [1.29, 1.82) is 0 Å². The highest BCUT2D eigenvalue weighted by Gasteiger charge is 2.42. The van der Waals surface area contributed by atoms with Crippen LogP contribution in [0.25, 0.3) is 0 Å². The predicted octanol–water partition coefficient (Wildman–Crippen LogP) is 2.06. The van der Waals surface area contributed by atoms with Crippen molar-refractivity contribution in [2.75, 3.05) is 13.2 Å². The molecule has 1 aromatic carbocycles. The first-order valence-electron chi connectivity index (χ1n) is 6.55. The number of hydrogen-bond acceptors (Lipinski definition) is 5. The van der Waals surface area contributed by atoms with Crippen LogP contribution in [0.4, 0.5) is 4.79 Å². The van der Waals surface area contributed by atoms with Crippen LogP contribution in [0.3, 0.4) is 0 Å². The molecule has 2 heterocycles. The Kier molecular flexibility index (Phi) is 3.55. The van der Waals surface area contributed by atoms with Crippen LogP contribution in [-0.2, 0) is 14.4 Å². The lowest BCUT2D eigenvalue weighted by molar-refractivity contribution is -0.140. The van der Waals surface area contributed by atoms with Gasteiger partial charge in [0.2, 0.25) is 6.10 Å². The standard InChI is InChI=1S/C14H13ClN2O4/c1-8-11(9-2-4-10(15)5-3-9)16-21-12(8)13(18)17-6-7-20-14(17)19/h2-5,8,12H,6-7H2,1H3. The Morgan fingerprint density at radius 1 is 1.38 bits per heavy atom. The molecule has 2 aliphatic rings. The normalized spacial score (nSPS) is 24.6. The van der Waals surface area contributed by atoms with Crippen molar-refractivity contribution in [3.8, 4) is 0 Å². The van der Waals surface area contributed by atoms with E-state index in [1.54, 1.807) is 12.1 Å². The summed E-state index contributed by atoms with van der Waals surface area (Å²) in [6, 6.07) is 7.13. The van der Waals surface area contributed by atoms with Gasteiger partial charge in [-0.3, -0.25) is 4.79 Å². The molecule has 6 nitrogen and oxygen atoms in total. The van der Waals surface area contributed by atoms with Crippen LogP contribution in [0.15, 0.2) is 29.4 Å². The summed E-state index contributed by atoms with van der Waals surface area (Å²) in [7, 11) is 0. The molecule has 1 aromatic rings. The molecule has 7 heteroatoms. The number of hydrogen-bond donors (Lipinski definition) is 0. The average molecular weight is 309 g/mol. The number of halogens is 1. The molecule has 0 aliphatic carbocycles. The van der Waals surface area contributed by atoms with Gasteiger partial charge in [-0.25, -0.2) is 9.69 Å². The van der Waals surface area contributed by atoms with Crippen molar-refractivity contribution < 1.29 is 19.2 Å². The average Bonchev–Trinajstić information content (AvgIpc) is 3.05. The zero-order valence-corrected chi connectivity index (χ0v) is 12.0. The zero-order chi connectivity index (χ0) is 15.0. The van der Waals surface area contributed by atoms with Gasteiger partial charge < -0.3 is 9.57 Å². The van der Waals surface area contributed by atoms with Crippen LogP contribution in [0, 0.1) is 5.92 Å². The Labute approximate surface area is 126 Å². The molecule has 1 saturated heterocycles. The molecule has 3 rings (SSSR count). The molecule has 0 bridgehead atoms. The highest BCUT2D eigenvalue weighted by Crippen LogP contribution is 2.26. The van der Waals surface area contributed by atoms with E-state index in [1.807, 2.05) is 19.1 Å². The van der Waals surface area contributed by atoms with Gasteiger partial charge in [-0.1, -0.05) is 35.8 Å². The highest BCUT2D eigenvalue weighted by molar-refractivity contribution is 6.30. The number of nitrogens with zero attached hydrogens (tertiary/aromatic N) is 2. The summed E-state index contributed by atoms with van der Waals surface area (Å²) in [4.78, 5) is 30.0. The van der Waals surface area contributed by atoms with Crippen molar-refractivity contribution in [3.05, 3.63) is 34.9 Å².